The highest BCUT2D eigenvalue weighted by atomic mass is 19.1. The molecule has 1 atom stereocenters. The molecule has 84 valence electrons. The maximum Gasteiger partial charge on any atom is 0.165 e. The Hall–Kier alpha value is -1.09. The molecule has 0 saturated carbocycles. The van der Waals surface area contributed by atoms with Crippen LogP contribution in [0.5, 0.6) is 5.75 Å². The summed E-state index contributed by atoms with van der Waals surface area (Å²) < 4.78 is 18.9. The summed E-state index contributed by atoms with van der Waals surface area (Å²) in [5.74, 6) is -0.0805. The number of para-hydroxylation sites is 1. The van der Waals surface area contributed by atoms with Crippen LogP contribution >= 0.6 is 0 Å². The van der Waals surface area contributed by atoms with Crippen LogP contribution in [-0.2, 0) is 0 Å². The highest BCUT2D eigenvalue weighted by Gasteiger charge is 2.25. The number of hydrogen-bond donors (Lipinski definition) is 1. The van der Waals surface area contributed by atoms with Gasteiger partial charge in [-0.2, -0.15) is 0 Å². The van der Waals surface area contributed by atoms with E-state index < -0.39 is 0 Å². The van der Waals surface area contributed by atoms with E-state index in [9.17, 15) is 4.39 Å². The van der Waals surface area contributed by atoms with E-state index >= 15 is 0 Å². The van der Waals surface area contributed by atoms with Crippen molar-refractivity contribution >= 4 is 0 Å². The van der Waals surface area contributed by atoms with E-state index in [-0.39, 0.29) is 23.1 Å². The Labute approximate surface area is 90.2 Å². The van der Waals surface area contributed by atoms with E-state index in [0.29, 0.717) is 6.54 Å². The van der Waals surface area contributed by atoms with Gasteiger partial charge in [0, 0.05) is 12.0 Å². The first-order chi connectivity index (χ1) is 6.95. The van der Waals surface area contributed by atoms with Crippen LogP contribution in [0.3, 0.4) is 0 Å². The van der Waals surface area contributed by atoms with Crippen molar-refractivity contribution < 1.29 is 9.13 Å². The highest BCUT2D eigenvalue weighted by Crippen LogP contribution is 2.25. The molecule has 0 saturated heterocycles. The lowest BCUT2D eigenvalue weighted by molar-refractivity contribution is 0.0899. The Bertz CT molecular complexity index is 320. The van der Waals surface area contributed by atoms with Crippen molar-refractivity contribution in [3.8, 4) is 5.75 Å². The van der Waals surface area contributed by atoms with Crippen molar-refractivity contribution in [1.82, 2.24) is 0 Å². The molecule has 15 heavy (non-hydrogen) atoms. The number of hydrogen-bond acceptors (Lipinski definition) is 2. The second-order valence-electron chi connectivity index (χ2n) is 4.64. The van der Waals surface area contributed by atoms with Gasteiger partial charge in [-0.05, 0) is 12.1 Å². The summed E-state index contributed by atoms with van der Waals surface area (Å²) in [6.07, 6.45) is -0.186. The Morgan fingerprint density at radius 1 is 1.33 bits per heavy atom. The van der Waals surface area contributed by atoms with Crippen LogP contribution in [0, 0.1) is 11.2 Å². The minimum atomic E-state index is -0.347. The van der Waals surface area contributed by atoms with Crippen LogP contribution in [0.25, 0.3) is 0 Å². The average molecular weight is 211 g/mol. The molecule has 1 aromatic carbocycles. The van der Waals surface area contributed by atoms with E-state index in [1.54, 1.807) is 18.2 Å². The van der Waals surface area contributed by atoms with E-state index in [2.05, 4.69) is 0 Å². The molecule has 1 rings (SSSR count). The van der Waals surface area contributed by atoms with Crippen molar-refractivity contribution in [2.24, 2.45) is 11.1 Å². The van der Waals surface area contributed by atoms with Gasteiger partial charge in [-0.25, -0.2) is 4.39 Å². The molecule has 2 N–H and O–H groups in total. The Balaban J connectivity index is 2.80. The van der Waals surface area contributed by atoms with Gasteiger partial charge in [0.25, 0.3) is 0 Å². The standard InChI is InChI=1S/C12H18FNO/c1-12(2,3)11(8-14)15-10-7-5-4-6-9(10)13/h4-7,11H,8,14H2,1-3H3. The smallest absolute Gasteiger partial charge is 0.165 e. The summed E-state index contributed by atoms with van der Waals surface area (Å²) in [5, 5.41) is 0. The Morgan fingerprint density at radius 3 is 2.40 bits per heavy atom. The van der Waals surface area contributed by atoms with Gasteiger partial charge in [0.2, 0.25) is 0 Å². The van der Waals surface area contributed by atoms with Gasteiger partial charge >= 0.3 is 0 Å². The van der Waals surface area contributed by atoms with Gasteiger partial charge < -0.3 is 10.5 Å². The molecular weight excluding hydrogens is 193 g/mol. The number of benzene rings is 1. The van der Waals surface area contributed by atoms with E-state index in [1.807, 2.05) is 20.8 Å². The van der Waals surface area contributed by atoms with Crippen molar-refractivity contribution in [2.45, 2.75) is 26.9 Å². The van der Waals surface area contributed by atoms with Gasteiger partial charge in [0.15, 0.2) is 11.6 Å². The number of ether oxygens (including phenoxy) is 1. The average Bonchev–Trinajstić information content (AvgIpc) is 2.14. The first-order valence-electron chi connectivity index (χ1n) is 5.06. The number of nitrogens with two attached hydrogens (primary N) is 1. The van der Waals surface area contributed by atoms with E-state index in [1.165, 1.54) is 6.07 Å². The van der Waals surface area contributed by atoms with Gasteiger partial charge in [-0.1, -0.05) is 32.9 Å². The van der Waals surface area contributed by atoms with Crippen molar-refractivity contribution in [1.29, 1.82) is 0 Å². The third kappa shape index (κ3) is 3.20. The summed E-state index contributed by atoms with van der Waals surface area (Å²) in [5.41, 5.74) is 5.51. The number of halogens is 1. The summed E-state index contributed by atoms with van der Waals surface area (Å²) in [7, 11) is 0. The summed E-state index contributed by atoms with van der Waals surface area (Å²) >= 11 is 0. The fraction of sp³-hybridized carbons (Fsp3) is 0.500. The summed E-state index contributed by atoms with van der Waals surface area (Å²) in [4.78, 5) is 0. The summed E-state index contributed by atoms with van der Waals surface area (Å²) in [6.45, 7) is 6.43. The van der Waals surface area contributed by atoms with Crippen LogP contribution in [0.2, 0.25) is 0 Å². The zero-order chi connectivity index (χ0) is 11.5. The van der Waals surface area contributed by atoms with E-state index in [4.69, 9.17) is 10.5 Å². The minimum Gasteiger partial charge on any atom is -0.485 e. The molecule has 0 radical (unpaired) electrons. The molecule has 1 unspecified atom stereocenters. The van der Waals surface area contributed by atoms with Crippen LogP contribution in [-0.4, -0.2) is 12.6 Å². The molecule has 0 amide bonds. The minimum absolute atomic E-state index is 0.100. The van der Waals surface area contributed by atoms with Crippen LogP contribution in [0.15, 0.2) is 24.3 Å². The highest BCUT2D eigenvalue weighted by molar-refractivity contribution is 5.24. The van der Waals surface area contributed by atoms with E-state index in [0.717, 1.165) is 0 Å². The third-order valence-corrected chi connectivity index (χ3v) is 2.29. The first-order valence-corrected chi connectivity index (χ1v) is 5.06. The van der Waals surface area contributed by atoms with Gasteiger partial charge in [0.1, 0.15) is 6.10 Å². The second kappa shape index (κ2) is 4.62. The van der Waals surface area contributed by atoms with Gasteiger partial charge in [0.05, 0.1) is 0 Å². The number of rotatable bonds is 3. The topological polar surface area (TPSA) is 35.2 Å². The SMILES string of the molecule is CC(C)(C)C(CN)Oc1ccccc1F. The molecule has 0 aliphatic heterocycles. The maximum absolute atomic E-state index is 13.3. The molecule has 0 heterocycles. The van der Waals surface area contributed by atoms with Crippen molar-refractivity contribution in [3.63, 3.8) is 0 Å². The Kier molecular flexibility index (Phi) is 3.69. The molecule has 0 aliphatic carbocycles. The zero-order valence-electron chi connectivity index (χ0n) is 9.46. The predicted molar refractivity (Wildman–Crippen MR) is 59.3 cm³/mol. The molecule has 2 nitrogen and oxygen atoms in total. The zero-order valence-corrected chi connectivity index (χ0v) is 9.46. The molecule has 3 heteroatoms. The molecule has 0 aromatic heterocycles. The quantitative estimate of drug-likeness (QED) is 0.834. The molecule has 0 spiro atoms. The summed E-state index contributed by atoms with van der Waals surface area (Å²) in [6, 6.07) is 6.38. The maximum atomic E-state index is 13.3. The van der Waals surface area contributed by atoms with Gasteiger partial charge in [-0.15, -0.1) is 0 Å². The van der Waals surface area contributed by atoms with Crippen LogP contribution in [0.1, 0.15) is 20.8 Å². The van der Waals surface area contributed by atoms with Crippen molar-refractivity contribution in [2.75, 3.05) is 6.54 Å². The largest absolute Gasteiger partial charge is 0.485 e. The first kappa shape index (κ1) is 12.0. The molecule has 1 aromatic rings. The lowest BCUT2D eigenvalue weighted by atomic mass is 9.89. The van der Waals surface area contributed by atoms with Crippen LogP contribution in [0.4, 0.5) is 4.39 Å². The molecule has 0 fully saturated rings. The lowest BCUT2D eigenvalue weighted by Gasteiger charge is -2.30. The molecule has 0 aliphatic rings. The fourth-order valence-corrected chi connectivity index (χ4v) is 1.27. The third-order valence-electron chi connectivity index (χ3n) is 2.29. The fourth-order valence-electron chi connectivity index (χ4n) is 1.27. The lowest BCUT2D eigenvalue weighted by Crippen LogP contribution is -2.38. The monoisotopic (exact) mass is 211 g/mol. The molecule has 0 bridgehead atoms. The second-order valence-corrected chi connectivity index (χ2v) is 4.64. The van der Waals surface area contributed by atoms with Gasteiger partial charge in [-0.3, -0.25) is 0 Å². The molecular formula is C12H18FNO. The van der Waals surface area contributed by atoms with Crippen LogP contribution < -0.4 is 10.5 Å². The normalized spacial score (nSPS) is 13.7. The Morgan fingerprint density at radius 2 is 1.93 bits per heavy atom. The predicted octanol–water partition coefficient (Wildman–Crippen LogP) is 2.58. The van der Waals surface area contributed by atoms with Crippen molar-refractivity contribution in [3.05, 3.63) is 30.1 Å².